The second kappa shape index (κ2) is 7.22. The number of rotatable bonds is 5. The van der Waals surface area contributed by atoms with Gasteiger partial charge in [0.1, 0.15) is 5.82 Å². The zero-order chi connectivity index (χ0) is 21.7. The Balaban J connectivity index is 1.91. The number of hydrogen-bond donors (Lipinski definition) is 0. The maximum absolute atomic E-state index is 14.5. The third-order valence-electron chi connectivity index (χ3n) is 5.97. The van der Waals surface area contributed by atoms with Crippen LogP contribution in [0.15, 0.2) is 25.0 Å². The first-order valence-corrected chi connectivity index (χ1v) is 9.68. The topological polar surface area (TPSA) is 25.8 Å². The van der Waals surface area contributed by atoms with Crippen LogP contribution in [0.4, 0.5) is 17.6 Å². The minimum absolute atomic E-state index is 0.0470. The summed E-state index contributed by atoms with van der Waals surface area (Å²) in [4.78, 5) is 8.85. The Labute approximate surface area is 169 Å². The Hall–Kier alpha value is -2.24. The number of hydrogen-bond acceptors (Lipinski definition) is 2. The molecule has 2 nitrogen and oxygen atoms in total. The monoisotopic (exact) mass is 406 g/mol. The molecule has 156 valence electrons. The van der Waals surface area contributed by atoms with Gasteiger partial charge in [-0.05, 0) is 35.7 Å². The molecule has 0 N–H and O–H groups in total. The van der Waals surface area contributed by atoms with Gasteiger partial charge in [-0.2, -0.15) is 0 Å². The fourth-order valence-corrected chi connectivity index (χ4v) is 4.12. The fourth-order valence-electron chi connectivity index (χ4n) is 4.12. The molecule has 0 radical (unpaired) electrons. The molecule has 29 heavy (non-hydrogen) atoms. The maximum atomic E-state index is 14.5. The van der Waals surface area contributed by atoms with E-state index in [4.69, 9.17) is 0 Å². The Bertz CT molecular complexity index is 914. The Morgan fingerprint density at radius 1 is 0.966 bits per heavy atom. The fraction of sp³-hybridized carbons (Fsp3) is 0.478. The number of halogens is 4. The molecule has 2 unspecified atom stereocenters. The standard InChI is InChI=1S/C23H26F4N2/c1-7-8-13-17(24)19(26)14(20(27)18(13)25)9-15-16(23(15,5)6)12-10-28-21(29-11-12)22(2,3)4/h7,10-11,15-16H,1,8-9H2,2-6H3. The largest absolute Gasteiger partial charge is 0.241 e. The highest BCUT2D eigenvalue weighted by Gasteiger charge is 2.58. The molecule has 1 saturated carbocycles. The van der Waals surface area contributed by atoms with Gasteiger partial charge in [-0.25, -0.2) is 27.5 Å². The van der Waals surface area contributed by atoms with Gasteiger partial charge in [0.15, 0.2) is 23.3 Å². The first-order valence-electron chi connectivity index (χ1n) is 9.68. The summed E-state index contributed by atoms with van der Waals surface area (Å²) < 4.78 is 57.6. The predicted octanol–water partition coefficient (Wildman–Crippen LogP) is 6.04. The van der Waals surface area contributed by atoms with Crippen LogP contribution in [0, 0.1) is 34.6 Å². The quantitative estimate of drug-likeness (QED) is 0.344. The van der Waals surface area contributed by atoms with Crippen molar-refractivity contribution in [3.05, 3.63) is 70.8 Å². The summed E-state index contributed by atoms with van der Waals surface area (Å²) in [5, 5.41) is 0. The second-order valence-corrected chi connectivity index (χ2v) is 9.41. The molecule has 1 heterocycles. The van der Waals surface area contributed by atoms with Gasteiger partial charge in [-0.15, -0.1) is 6.58 Å². The van der Waals surface area contributed by atoms with Crippen molar-refractivity contribution in [3.8, 4) is 0 Å². The maximum Gasteiger partial charge on any atom is 0.165 e. The zero-order valence-corrected chi connectivity index (χ0v) is 17.4. The van der Waals surface area contributed by atoms with E-state index >= 15 is 0 Å². The highest BCUT2D eigenvalue weighted by Crippen LogP contribution is 2.65. The van der Waals surface area contributed by atoms with E-state index in [1.165, 1.54) is 6.08 Å². The molecule has 0 saturated heterocycles. The number of aromatic nitrogens is 2. The molecule has 0 aliphatic heterocycles. The van der Waals surface area contributed by atoms with E-state index < -0.39 is 34.4 Å². The molecule has 0 amide bonds. The van der Waals surface area contributed by atoms with Crippen molar-refractivity contribution in [2.75, 3.05) is 0 Å². The van der Waals surface area contributed by atoms with Gasteiger partial charge in [0, 0.05) is 28.9 Å². The third kappa shape index (κ3) is 3.69. The summed E-state index contributed by atoms with van der Waals surface area (Å²) in [6.45, 7) is 13.3. The minimum atomic E-state index is -1.34. The van der Waals surface area contributed by atoms with Gasteiger partial charge in [-0.1, -0.05) is 40.7 Å². The summed E-state index contributed by atoms with van der Waals surface area (Å²) in [5.41, 5.74) is -0.792. The van der Waals surface area contributed by atoms with Gasteiger partial charge in [0.2, 0.25) is 0 Å². The highest BCUT2D eigenvalue weighted by atomic mass is 19.2. The average Bonchev–Trinajstić information content (AvgIpc) is 3.20. The molecule has 1 fully saturated rings. The van der Waals surface area contributed by atoms with Crippen molar-refractivity contribution in [2.24, 2.45) is 11.3 Å². The molecule has 1 aliphatic rings. The molecule has 0 spiro atoms. The Morgan fingerprint density at radius 3 is 1.90 bits per heavy atom. The number of benzene rings is 1. The normalized spacial score (nSPS) is 20.6. The molecule has 3 rings (SSSR count). The van der Waals surface area contributed by atoms with E-state index in [0.717, 1.165) is 5.56 Å². The van der Waals surface area contributed by atoms with Crippen LogP contribution in [0.25, 0.3) is 0 Å². The van der Waals surface area contributed by atoms with Gasteiger partial charge in [-0.3, -0.25) is 0 Å². The van der Waals surface area contributed by atoms with Gasteiger partial charge < -0.3 is 0 Å². The van der Waals surface area contributed by atoms with Gasteiger partial charge in [0.25, 0.3) is 0 Å². The Morgan fingerprint density at radius 2 is 1.45 bits per heavy atom. The third-order valence-corrected chi connectivity index (χ3v) is 5.97. The number of nitrogens with zero attached hydrogens (tertiary/aromatic N) is 2. The zero-order valence-electron chi connectivity index (χ0n) is 17.4. The van der Waals surface area contributed by atoms with E-state index in [9.17, 15) is 17.6 Å². The first-order chi connectivity index (χ1) is 13.4. The molecule has 6 heteroatoms. The molecule has 2 atom stereocenters. The van der Waals surface area contributed by atoms with Gasteiger partial charge >= 0.3 is 0 Å². The van der Waals surface area contributed by atoms with Crippen LogP contribution in [0.1, 0.15) is 63.1 Å². The van der Waals surface area contributed by atoms with Crippen molar-refractivity contribution in [1.29, 1.82) is 0 Å². The number of allylic oxidation sites excluding steroid dienone is 1. The van der Waals surface area contributed by atoms with E-state index in [2.05, 4.69) is 16.5 Å². The van der Waals surface area contributed by atoms with Crippen molar-refractivity contribution in [3.63, 3.8) is 0 Å². The van der Waals surface area contributed by atoms with Crippen LogP contribution >= 0.6 is 0 Å². The summed E-state index contributed by atoms with van der Waals surface area (Å²) in [7, 11) is 0. The summed E-state index contributed by atoms with van der Waals surface area (Å²) >= 11 is 0. The lowest BCUT2D eigenvalue weighted by atomic mass is 9.95. The van der Waals surface area contributed by atoms with Crippen molar-refractivity contribution in [2.45, 2.75) is 58.8 Å². The lowest BCUT2D eigenvalue weighted by molar-refractivity contribution is 0.420. The van der Waals surface area contributed by atoms with Crippen LogP contribution in [-0.2, 0) is 18.3 Å². The summed E-state index contributed by atoms with van der Waals surface area (Å²) in [6, 6.07) is 0. The Kier molecular flexibility index (Phi) is 5.35. The molecule has 1 aromatic carbocycles. The molecule has 2 aromatic rings. The summed E-state index contributed by atoms with van der Waals surface area (Å²) in [5.74, 6) is -4.84. The van der Waals surface area contributed by atoms with E-state index in [1.54, 1.807) is 12.4 Å². The lowest BCUT2D eigenvalue weighted by Gasteiger charge is -2.16. The first kappa shape index (κ1) is 21.5. The predicted molar refractivity (Wildman–Crippen MR) is 105 cm³/mol. The van der Waals surface area contributed by atoms with E-state index in [0.29, 0.717) is 5.82 Å². The van der Waals surface area contributed by atoms with E-state index in [-0.39, 0.29) is 35.5 Å². The van der Waals surface area contributed by atoms with Gasteiger partial charge in [0.05, 0.1) is 0 Å². The molecule has 1 aromatic heterocycles. The van der Waals surface area contributed by atoms with Crippen molar-refractivity contribution in [1.82, 2.24) is 9.97 Å². The van der Waals surface area contributed by atoms with Crippen LogP contribution in [0.3, 0.4) is 0 Å². The lowest BCUT2D eigenvalue weighted by Crippen LogP contribution is -2.15. The second-order valence-electron chi connectivity index (χ2n) is 9.41. The average molecular weight is 406 g/mol. The van der Waals surface area contributed by atoms with Crippen LogP contribution in [-0.4, -0.2) is 9.97 Å². The molecular weight excluding hydrogens is 380 g/mol. The van der Waals surface area contributed by atoms with Crippen LogP contribution < -0.4 is 0 Å². The molecule has 1 aliphatic carbocycles. The van der Waals surface area contributed by atoms with Crippen molar-refractivity contribution < 1.29 is 17.6 Å². The SMILES string of the molecule is C=CCc1c(F)c(F)c(CC2C(c3cnc(C(C)(C)C)nc3)C2(C)C)c(F)c1F. The van der Waals surface area contributed by atoms with E-state index in [1.807, 2.05) is 34.6 Å². The van der Waals surface area contributed by atoms with Crippen LogP contribution in [0.2, 0.25) is 0 Å². The summed E-state index contributed by atoms with van der Waals surface area (Å²) in [6.07, 6.45) is 4.31. The minimum Gasteiger partial charge on any atom is -0.241 e. The molecule has 0 bridgehead atoms. The smallest absolute Gasteiger partial charge is 0.165 e. The molecular formula is C23H26F4N2. The highest BCUT2D eigenvalue weighted by molar-refractivity contribution is 5.35. The van der Waals surface area contributed by atoms with Crippen molar-refractivity contribution >= 4 is 0 Å². The van der Waals surface area contributed by atoms with Crippen LogP contribution in [0.5, 0.6) is 0 Å².